The van der Waals surface area contributed by atoms with E-state index in [1.807, 2.05) is 47.8 Å². The molecule has 2 aromatic heterocycles. The molecular formula is C17H13Cl2N3O2S. The average molecular weight is 394 g/mol. The maximum absolute atomic E-state index is 12.5. The van der Waals surface area contributed by atoms with Crippen molar-refractivity contribution in [1.29, 1.82) is 0 Å². The van der Waals surface area contributed by atoms with Crippen molar-refractivity contribution in [3.8, 4) is 0 Å². The second-order valence-corrected chi connectivity index (χ2v) is 6.96. The van der Waals surface area contributed by atoms with E-state index in [9.17, 15) is 9.59 Å². The lowest BCUT2D eigenvalue weighted by Gasteiger charge is -2.18. The summed E-state index contributed by atoms with van der Waals surface area (Å²) in [5.74, 6) is -0.352. The maximum atomic E-state index is 12.5. The highest BCUT2D eigenvalue weighted by atomic mass is 35.5. The van der Waals surface area contributed by atoms with Crippen LogP contribution in [0, 0.1) is 0 Å². The number of hydrogen-bond donors (Lipinski definition) is 1. The van der Waals surface area contributed by atoms with Crippen molar-refractivity contribution in [2.75, 3.05) is 0 Å². The summed E-state index contributed by atoms with van der Waals surface area (Å²) in [6.45, 7) is -0.246. The smallest absolute Gasteiger partial charge is 0.287 e. The minimum Gasteiger partial charge on any atom is -0.343 e. The highest BCUT2D eigenvalue weighted by Crippen LogP contribution is 2.25. The summed E-state index contributed by atoms with van der Waals surface area (Å²) in [7, 11) is 0. The summed E-state index contributed by atoms with van der Waals surface area (Å²) in [6.07, 6.45) is 1.24. The van der Waals surface area contributed by atoms with Gasteiger partial charge >= 0.3 is 0 Å². The molecule has 3 aromatic rings. The Kier molecular flexibility index (Phi) is 5.53. The van der Waals surface area contributed by atoms with E-state index in [0.717, 1.165) is 15.1 Å². The van der Waals surface area contributed by atoms with Crippen LogP contribution >= 0.6 is 34.5 Å². The van der Waals surface area contributed by atoms with E-state index in [1.165, 1.54) is 6.20 Å². The van der Waals surface area contributed by atoms with Crippen LogP contribution in [0.4, 0.5) is 0 Å². The molecule has 0 aliphatic rings. The van der Waals surface area contributed by atoms with Gasteiger partial charge in [0.05, 0.1) is 17.3 Å². The van der Waals surface area contributed by atoms with Crippen LogP contribution in [0.2, 0.25) is 10.0 Å². The number of carbonyl (C=O) groups is 1. The summed E-state index contributed by atoms with van der Waals surface area (Å²) >= 11 is 13.1. The number of carbonyl (C=O) groups excluding carboxylic acids is 1. The topological polar surface area (TPSA) is 64.0 Å². The first-order valence-electron chi connectivity index (χ1n) is 7.35. The molecule has 3 rings (SSSR count). The summed E-state index contributed by atoms with van der Waals surface area (Å²) in [5, 5.41) is 8.65. The number of amides is 1. The number of hydrogen-bond acceptors (Lipinski definition) is 4. The Morgan fingerprint density at radius 1 is 1.20 bits per heavy atom. The third-order valence-corrected chi connectivity index (χ3v) is 5.19. The lowest BCUT2D eigenvalue weighted by atomic mass is 10.1. The minimum absolute atomic E-state index is 0.0593. The van der Waals surface area contributed by atoms with Crippen LogP contribution in [0.15, 0.2) is 58.8 Å². The van der Waals surface area contributed by atoms with Crippen LogP contribution in [0.25, 0.3) is 0 Å². The van der Waals surface area contributed by atoms with Gasteiger partial charge in [0.15, 0.2) is 0 Å². The van der Waals surface area contributed by atoms with Crippen LogP contribution in [-0.4, -0.2) is 15.7 Å². The molecule has 0 fully saturated rings. The van der Waals surface area contributed by atoms with Crippen molar-refractivity contribution in [2.24, 2.45) is 0 Å². The molecule has 5 nitrogen and oxygen atoms in total. The lowest BCUT2D eigenvalue weighted by molar-refractivity contribution is -0.122. The Morgan fingerprint density at radius 2 is 1.96 bits per heavy atom. The predicted octanol–water partition coefficient (Wildman–Crippen LogP) is 3.52. The summed E-state index contributed by atoms with van der Waals surface area (Å²) in [4.78, 5) is 25.5. The molecule has 0 aliphatic carbocycles. The third kappa shape index (κ3) is 4.10. The average Bonchev–Trinajstić information content (AvgIpc) is 3.15. The number of nitrogens with zero attached hydrogens (tertiary/aromatic N) is 2. The second kappa shape index (κ2) is 7.82. The van der Waals surface area contributed by atoms with Gasteiger partial charge in [-0.2, -0.15) is 5.10 Å². The Labute approximate surface area is 157 Å². The van der Waals surface area contributed by atoms with Gasteiger partial charge in [0.2, 0.25) is 5.91 Å². The number of nitrogens with one attached hydrogen (secondary N) is 1. The van der Waals surface area contributed by atoms with Crippen molar-refractivity contribution in [2.45, 2.75) is 12.6 Å². The van der Waals surface area contributed by atoms with Gasteiger partial charge in [-0.25, -0.2) is 4.68 Å². The van der Waals surface area contributed by atoms with Crippen molar-refractivity contribution in [3.05, 3.63) is 84.9 Å². The maximum Gasteiger partial charge on any atom is 0.287 e. The fourth-order valence-electron chi connectivity index (χ4n) is 2.32. The van der Waals surface area contributed by atoms with Gasteiger partial charge in [0.1, 0.15) is 11.6 Å². The molecule has 0 aliphatic heterocycles. The summed E-state index contributed by atoms with van der Waals surface area (Å²) in [5.41, 5.74) is 0.351. The third-order valence-electron chi connectivity index (χ3n) is 3.50. The molecule has 2 heterocycles. The molecule has 0 spiro atoms. The molecule has 1 aromatic carbocycles. The SMILES string of the molecule is O=C(Cn1ncc(Cl)c(Cl)c1=O)N[C@H](c1ccccc1)c1cccs1. The molecule has 128 valence electrons. The van der Waals surface area contributed by atoms with Crippen LogP contribution in [0.3, 0.4) is 0 Å². The van der Waals surface area contributed by atoms with Crippen molar-refractivity contribution in [3.63, 3.8) is 0 Å². The zero-order chi connectivity index (χ0) is 17.8. The van der Waals surface area contributed by atoms with E-state index >= 15 is 0 Å². The van der Waals surface area contributed by atoms with Crippen molar-refractivity contribution < 1.29 is 4.79 Å². The first-order chi connectivity index (χ1) is 12.1. The van der Waals surface area contributed by atoms with E-state index in [2.05, 4.69) is 10.4 Å². The molecule has 0 saturated carbocycles. The number of aromatic nitrogens is 2. The summed E-state index contributed by atoms with van der Waals surface area (Å²) < 4.78 is 0.986. The van der Waals surface area contributed by atoms with E-state index in [-0.39, 0.29) is 28.5 Å². The summed E-state index contributed by atoms with van der Waals surface area (Å²) in [6, 6.07) is 13.2. The Morgan fingerprint density at radius 3 is 2.64 bits per heavy atom. The lowest BCUT2D eigenvalue weighted by Crippen LogP contribution is -2.36. The normalized spacial score (nSPS) is 11.9. The molecule has 0 unspecified atom stereocenters. The number of halogens is 2. The van der Waals surface area contributed by atoms with Gasteiger partial charge in [-0.15, -0.1) is 11.3 Å². The number of rotatable bonds is 5. The zero-order valence-electron chi connectivity index (χ0n) is 12.9. The van der Waals surface area contributed by atoms with Gasteiger partial charge in [-0.3, -0.25) is 9.59 Å². The van der Waals surface area contributed by atoms with Crippen LogP contribution < -0.4 is 10.9 Å². The Balaban J connectivity index is 1.82. The van der Waals surface area contributed by atoms with E-state index in [0.29, 0.717) is 0 Å². The Hall–Kier alpha value is -2.15. The highest BCUT2D eigenvalue weighted by molar-refractivity contribution is 7.10. The fourth-order valence-corrected chi connectivity index (χ4v) is 3.39. The molecule has 0 saturated heterocycles. The van der Waals surface area contributed by atoms with Crippen LogP contribution in [0.5, 0.6) is 0 Å². The molecule has 1 N–H and O–H groups in total. The molecular weight excluding hydrogens is 381 g/mol. The van der Waals surface area contributed by atoms with Gasteiger partial charge in [-0.1, -0.05) is 59.6 Å². The monoisotopic (exact) mass is 393 g/mol. The van der Waals surface area contributed by atoms with Crippen molar-refractivity contribution >= 4 is 40.4 Å². The molecule has 25 heavy (non-hydrogen) atoms. The molecule has 1 atom stereocenters. The first kappa shape index (κ1) is 17.7. The van der Waals surface area contributed by atoms with Crippen LogP contribution in [0.1, 0.15) is 16.5 Å². The zero-order valence-corrected chi connectivity index (χ0v) is 15.2. The molecule has 0 bridgehead atoms. The van der Waals surface area contributed by atoms with Gasteiger partial charge in [-0.05, 0) is 17.0 Å². The molecule has 8 heteroatoms. The van der Waals surface area contributed by atoms with E-state index in [4.69, 9.17) is 23.2 Å². The van der Waals surface area contributed by atoms with E-state index < -0.39 is 5.56 Å². The van der Waals surface area contributed by atoms with Gasteiger partial charge < -0.3 is 5.32 Å². The second-order valence-electron chi connectivity index (χ2n) is 5.20. The van der Waals surface area contributed by atoms with Crippen molar-refractivity contribution in [1.82, 2.24) is 15.1 Å². The largest absolute Gasteiger partial charge is 0.343 e. The van der Waals surface area contributed by atoms with Gasteiger partial charge in [0, 0.05) is 4.88 Å². The van der Waals surface area contributed by atoms with E-state index in [1.54, 1.807) is 11.3 Å². The molecule has 1 amide bonds. The quantitative estimate of drug-likeness (QED) is 0.720. The minimum atomic E-state index is -0.600. The first-order valence-corrected chi connectivity index (χ1v) is 8.98. The Bertz CT molecular complexity index is 927. The standard InChI is InChI=1S/C17H13Cl2N3O2S/c18-12-9-20-22(17(24)15(12)19)10-14(23)21-16(13-7-4-8-25-13)11-5-2-1-3-6-11/h1-9,16H,10H2,(H,21,23)/t16-/m1/s1. The fraction of sp³-hybridized carbons (Fsp3) is 0.118. The van der Waals surface area contributed by atoms with Gasteiger partial charge in [0.25, 0.3) is 5.56 Å². The molecule has 0 radical (unpaired) electrons. The highest BCUT2D eigenvalue weighted by Gasteiger charge is 2.19. The predicted molar refractivity (Wildman–Crippen MR) is 99.3 cm³/mol. The number of thiophene rings is 1. The van der Waals surface area contributed by atoms with Crippen LogP contribution in [-0.2, 0) is 11.3 Å². The number of benzene rings is 1.